The van der Waals surface area contributed by atoms with Gasteiger partial charge in [0.25, 0.3) is 0 Å². The molecule has 2 rings (SSSR count). The van der Waals surface area contributed by atoms with Crippen molar-refractivity contribution in [2.75, 3.05) is 19.8 Å². The molecule has 12 unspecified atom stereocenters. The van der Waals surface area contributed by atoms with Crippen LogP contribution in [0.4, 0.5) is 0 Å². The predicted octanol–water partition coefficient (Wildman–Crippen LogP) is 4.27. The summed E-state index contributed by atoms with van der Waals surface area (Å²) in [7, 11) is 0. The van der Waals surface area contributed by atoms with Crippen molar-refractivity contribution in [2.45, 2.75) is 248 Å². The van der Waals surface area contributed by atoms with E-state index in [-0.39, 0.29) is 12.5 Å². The maximum absolute atomic E-state index is 13.0. The normalized spacial score (nSPS) is 29.0. The molecule has 338 valence electrons. The lowest BCUT2D eigenvalue weighted by Crippen LogP contribution is -2.65. The lowest BCUT2D eigenvalue weighted by molar-refractivity contribution is -0.359. The van der Waals surface area contributed by atoms with Crippen LogP contribution >= 0.6 is 0 Å². The molecule has 2 fully saturated rings. The summed E-state index contributed by atoms with van der Waals surface area (Å²) in [6.07, 6.45) is 11.6. The van der Waals surface area contributed by atoms with Gasteiger partial charge in [-0.15, -0.1) is 0 Å². The SMILES string of the molecule is CCCCCCCCCCCCCCCCCCCC(=O)NC(COC1OC(CO)C(OC2OC(CO)C(O)C(O)C2O)C(O)C1O)C(O)CCCCCCCC. The highest BCUT2D eigenvalue weighted by Crippen LogP contribution is 2.30. The van der Waals surface area contributed by atoms with E-state index in [1.807, 2.05) is 0 Å². The van der Waals surface area contributed by atoms with Crippen LogP contribution in [-0.4, -0.2) is 140 Å². The van der Waals surface area contributed by atoms with E-state index in [0.29, 0.717) is 12.8 Å². The van der Waals surface area contributed by atoms with Crippen LogP contribution in [-0.2, 0) is 23.7 Å². The van der Waals surface area contributed by atoms with Crippen molar-refractivity contribution in [1.29, 1.82) is 0 Å². The van der Waals surface area contributed by atoms with Crippen LogP contribution in [0.3, 0.4) is 0 Å². The fourth-order valence-electron chi connectivity index (χ4n) is 7.76. The molecule has 57 heavy (non-hydrogen) atoms. The van der Waals surface area contributed by atoms with Gasteiger partial charge in [-0.1, -0.05) is 155 Å². The molecule has 0 aromatic carbocycles. The number of hydrogen-bond acceptors (Lipinski definition) is 13. The lowest BCUT2D eigenvalue weighted by atomic mass is 9.97. The van der Waals surface area contributed by atoms with Crippen molar-refractivity contribution < 1.29 is 64.6 Å². The Hall–Kier alpha value is -1.01. The largest absolute Gasteiger partial charge is 0.394 e. The maximum atomic E-state index is 13.0. The lowest BCUT2D eigenvalue weighted by Gasteiger charge is -2.46. The molecule has 0 bridgehead atoms. The van der Waals surface area contributed by atoms with E-state index in [4.69, 9.17) is 18.9 Å². The zero-order valence-electron chi connectivity index (χ0n) is 35.3. The molecular formula is C43H83NO13. The number of nitrogens with one attached hydrogen (secondary N) is 1. The van der Waals surface area contributed by atoms with E-state index in [0.717, 1.165) is 64.2 Å². The molecular weight excluding hydrogens is 738 g/mol. The molecule has 2 saturated heterocycles. The van der Waals surface area contributed by atoms with E-state index in [9.17, 15) is 45.6 Å². The van der Waals surface area contributed by atoms with Gasteiger partial charge in [-0.3, -0.25) is 4.79 Å². The minimum atomic E-state index is -1.78. The summed E-state index contributed by atoms with van der Waals surface area (Å²) in [5.41, 5.74) is 0. The average molecular weight is 822 g/mol. The molecule has 0 aromatic heterocycles. The van der Waals surface area contributed by atoms with Crippen molar-refractivity contribution in [2.24, 2.45) is 0 Å². The Morgan fingerprint density at radius 3 is 1.49 bits per heavy atom. The van der Waals surface area contributed by atoms with Crippen molar-refractivity contribution in [3.05, 3.63) is 0 Å². The van der Waals surface area contributed by atoms with Crippen LogP contribution in [0, 0.1) is 0 Å². The van der Waals surface area contributed by atoms with Gasteiger partial charge in [0.2, 0.25) is 5.91 Å². The zero-order chi connectivity index (χ0) is 41.8. The number of aliphatic hydroxyl groups excluding tert-OH is 8. The molecule has 0 aliphatic carbocycles. The number of aliphatic hydroxyl groups is 8. The molecule has 2 aliphatic rings. The molecule has 0 saturated carbocycles. The molecule has 2 aliphatic heterocycles. The van der Waals surface area contributed by atoms with Gasteiger partial charge < -0.3 is 65.1 Å². The number of amides is 1. The first kappa shape index (κ1) is 52.1. The van der Waals surface area contributed by atoms with Crippen LogP contribution in [0.2, 0.25) is 0 Å². The van der Waals surface area contributed by atoms with Crippen LogP contribution < -0.4 is 5.32 Å². The summed E-state index contributed by atoms with van der Waals surface area (Å²) < 4.78 is 22.6. The number of carbonyl (C=O) groups excluding carboxylic acids is 1. The van der Waals surface area contributed by atoms with Gasteiger partial charge in [0, 0.05) is 6.42 Å². The Morgan fingerprint density at radius 1 is 0.561 bits per heavy atom. The predicted molar refractivity (Wildman–Crippen MR) is 217 cm³/mol. The number of rotatable bonds is 34. The first-order valence-corrected chi connectivity index (χ1v) is 22.8. The minimum absolute atomic E-state index is 0.210. The summed E-state index contributed by atoms with van der Waals surface area (Å²) >= 11 is 0. The van der Waals surface area contributed by atoms with Crippen molar-refractivity contribution in [3.63, 3.8) is 0 Å². The van der Waals surface area contributed by atoms with E-state index < -0.39 is 86.8 Å². The van der Waals surface area contributed by atoms with E-state index in [2.05, 4.69) is 19.2 Å². The van der Waals surface area contributed by atoms with Crippen molar-refractivity contribution >= 4 is 5.91 Å². The van der Waals surface area contributed by atoms with Gasteiger partial charge in [0.15, 0.2) is 12.6 Å². The standard InChI is InChI=1S/C43H83NO13/c1-3-5-7-9-11-12-13-14-15-16-17-18-19-20-21-23-25-27-35(48)44-31(32(47)26-24-22-10-8-6-4-2)30-54-42-40(53)38(51)41(34(29-46)56-42)57-43-39(52)37(50)36(49)33(28-45)55-43/h31-34,36-43,45-47,49-53H,3-30H2,1-2H3,(H,44,48). The monoisotopic (exact) mass is 822 g/mol. The Kier molecular flexibility index (Phi) is 29.1. The highest BCUT2D eigenvalue weighted by Gasteiger charge is 2.51. The third-order valence-corrected chi connectivity index (χ3v) is 11.6. The number of unbranched alkanes of at least 4 members (excludes halogenated alkanes) is 21. The molecule has 14 heteroatoms. The third kappa shape index (κ3) is 20.4. The second-order valence-corrected chi connectivity index (χ2v) is 16.5. The molecule has 0 radical (unpaired) electrons. The zero-order valence-corrected chi connectivity index (χ0v) is 35.3. The molecule has 0 aromatic rings. The average Bonchev–Trinajstić information content (AvgIpc) is 3.21. The molecule has 9 N–H and O–H groups in total. The molecule has 1 amide bonds. The highest BCUT2D eigenvalue weighted by atomic mass is 16.7. The Labute approximate surface area is 343 Å². The fraction of sp³-hybridized carbons (Fsp3) is 0.977. The summed E-state index contributed by atoms with van der Waals surface area (Å²) in [5, 5.41) is 86.2. The molecule has 2 heterocycles. The molecule has 0 spiro atoms. The van der Waals surface area contributed by atoms with Gasteiger partial charge in [0.05, 0.1) is 32.0 Å². The quantitative estimate of drug-likeness (QED) is 0.0414. The topological polar surface area (TPSA) is 228 Å². The summed E-state index contributed by atoms with van der Waals surface area (Å²) in [6.45, 7) is 2.77. The van der Waals surface area contributed by atoms with Gasteiger partial charge in [0.1, 0.15) is 48.8 Å². The Morgan fingerprint density at radius 2 is 1.00 bits per heavy atom. The third-order valence-electron chi connectivity index (χ3n) is 11.6. The Balaban J connectivity index is 1.79. The van der Waals surface area contributed by atoms with Crippen LogP contribution in [0.5, 0.6) is 0 Å². The summed E-state index contributed by atoms with van der Waals surface area (Å²) in [6, 6.07) is -0.817. The Bertz CT molecular complexity index is 977. The second kappa shape index (κ2) is 31.8. The van der Waals surface area contributed by atoms with E-state index >= 15 is 0 Å². The van der Waals surface area contributed by atoms with Gasteiger partial charge in [-0.2, -0.15) is 0 Å². The maximum Gasteiger partial charge on any atom is 0.220 e. The van der Waals surface area contributed by atoms with Crippen LogP contribution in [0.25, 0.3) is 0 Å². The minimum Gasteiger partial charge on any atom is -0.394 e. The number of ether oxygens (including phenoxy) is 4. The van der Waals surface area contributed by atoms with Gasteiger partial charge in [-0.25, -0.2) is 0 Å². The highest BCUT2D eigenvalue weighted by molar-refractivity contribution is 5.76. The molecule has 14 nitrogen and oxygen atoms in total. The van der Waals surface area contributed by atoms with E-state index in [1.165, 1.54) is 83.5 Å². The van der Waals surface area contributed by atoms with E-state index in [1.54, 1.807) is 0 Å². The van der Waals surface area contributed by atoms with Crippen LogP contribution in [0.15, 0.2) is 0 Å². The fourth-order valence-corrected chi connectivity index (χ4v) is 7.76. The molecule has 12 atom stereocenters. The summed E-state index contributed by atoms with van der Waals surface area (Å²) in [5.74, 6) is -0.210. The second-order valence-electron chi connectivity index (χ2n) is 16.5. The van der Waals surface area contributed by atoms with Crippen molar-refractivity contribution in [3.8, 4) is 0 Å². The number of hydrogen-bond donors (Lipinski definition) is 9. The first-order valence-electron chi connectivity index (χ1n) is 22.8. The number of carbonyl (C=O) groups is 1. The van der Waals surface area contributed by atoms with Gasteiger partial charge in [-0.05, 0) is 12.8 Å². The summed E-state index contributed by atoms with van der Waals surface area (Å²) in [4.78, 5) is 13.0. The van der Waals surface area contributed by atoms with Crippen LogP contribution in [0.1, 0.15) is 174 Å². The smallest absolute Gasteiger partial charge is 0.220 e. The van der Waals surface area contributed by atoms with Gasteiger partial charge >= 0.3 is 0 Å². The first-order chi connectivity index (χ1) is 27.6. The van der Waals surface area contributed by atoms with Crippen molar-refractivity contribution in [1.82, 2.24) is 5.32 Å².